The van der Waals surface area contributed by atoms with E-state index >= 15 is 0 Å². The number of aryl methyl sites for hydroxylation is 1. The van der Waals surface area contributed by atoms with Crippen LogP contribution in [0.1, 0.15) is 62.7 Å². The van der Waals surface area contributed by atoms with Crippen molar-refractivity contribution in [1.82, 2.24) is 30.0 Å². The van der Waals surface area contributed by atoms with Crippen molar-refractivity contribution in [2.45, 2.75) is 58.5 Å². The first-order valence-electron chi connectivity index (χ1n) is 12.2. The topological polar surface area (TPSA) is 87.4 Å². The molecule has 5 rings (SSSR count). The third-order valence-electron chi connectivity index (χ3n) is 8.22. The van der Waals surface area contributed by atoms with Crippen molar-refractivity contribution in [3.8, 4) is 5.69 Å². The molecule has 1 atom stereocenters. The summed E-state index contributed by atoms with van der Waals surface area (Å²) in [6.07, 6.45) is 7.52. The maximum absolute atomic E-state index is 11.9. The number of carbonyl (C=O) groups is 1. The van der Waals surface area contributed by atoms with Crippen LogP contribution in [0.15, 0.2) is 35.8 Å². The van der Waals surface area contributed by atoms with Crippen LogP contribution in [-0.2, 0) is 4.79 Å². The summed E-state index contributed by atoms with van der Waals surface area (Å²) in [5.74, 6) is 0.331. The molecule has 33 heavy (non-hydrogen) atoms. The number of carbonyl (C=O) groups excluding carboxylic acids is 1. The van der Waals surface area contributed by atoms with Crippen LogP contribution in [0.25, 0.3) is 5.69 Å². The highest BCUT2D eigenvalue weighted by Crippen LogP contribution is 2.43. The SMILES string of the molecule is CC1=C(N2CCC3(CCN(CC(O)c4ccc(-n5cnnn5)cc4C)CC3)CC2)CCC1=O. The van der Waals surface area contributed by atoms with E-state index in [2.05, 4.69) is 25.3 Å². The summed E-state index contributed by atoms with van der Waals surface area (Å²) >= 11 is 0. The second-order valence-corrected chi connectivity index (χ2v) is 10.1. The van der Waals surface area contributed by atoms with E-state index in [1.54, 1.807) is 11.0 Å². The monoisotopic (exact) mass is 450 g/mol. The van der Waals surface area contributed by atoms with E-state index in [1.165, 1.54) is 31.4 Å². The highest BCUT2D eigenvalue weighted by atomic mass is 16.3. The minimum Gasteiger partial charge on any atom is -0.387 e. The normalized spacial score (nSPS) is 22.4. The number of likely N-dealkylation sites (tertiary alicyclic amines) is 2. The highest BCUT2D eigenvalue weighted by molar-refractivity contribution is 5.97. The van der Waals surface area contributed by atoms with Gasteiger partial charge in [-0.1, -0.05) is 6.07 Å². The molecule has 2 aliphatic heterocycles. The molecule has 1 aromatic carbocycles. The van der Waals surface area contributed by atoms with E-state index in [-0.39, 0.29) is 0 Å². The number of aliphatic hydroxyl groups excluding tert-OH is 1. The van der Waals surface area contributed by atoms with E-state index in [1.807, 2.05) is 32.0 Å². The summed E-state index contributed by atoms with van der Waals surface area (Å²) in [7, 11) is 0. The molecular weight excluding hydrogens is 416 g/mol. The molecule has 0 saturated carbocycles. The van der Waals surface area contributed by atoms with Gasteiger partial charge in [-0.05, 0) is 98.1 Å². The van der Waals surface area contributed by atoms with Crippen LogP contribution in [0.5, 0.6) is 0 Å². The lowest BCUT2D eigenvalue weighted by atomic mass is 9.71. The van der Waals surface area contributed by atoms with Gasteiger partial charge in [0.25, 0.3) is 0 Å². The Morgan fingerprint density at radius 2 is 1.79 bits per heavy atom. The molecule has 1 spiro atoms. The van der Waals surface area contributed by atoms with E-state index in [0.717, 1.165) is 55.0 Å². The van der Waals surface area contributed by atoms with E-state index in [4.69, 9.17) is 0 Å². The van der Waals surface area contributed by atoms with Gasteiger partial charge in [-0.2, -0.15) is 0 Å². The molecule has 1 aliphatic carbocycles. The third kappa shape index (κ3) is 4.46. The van der Waals surface area contributed by atoms with Crippen LogP contribution in [-0.4, -0.2) is 73.6 Å². The van der Waals surface area contributed by atoms with Crippen molar-refractivity contribution in [3.05, 3.63) is 46.9 Å². The Hall–Kier alpha value is -2.58. The number of allylic oxidation sites excluding steroid dienone is 2. The van der Waals surface area contributed by atoms with Gasteiger partial charge < -0.3 is 14.9 Å². The van der Waals surface area contributed by atoms with Crippen LogP contribution in [0.4, 0.5) is 0 Å². The largest absolute Gasteiger partial charge is 0.387 e. The standard InChI is InChI=1S/C25H34N6O2/c1-18-15-20(31-17-26-27-28-31)3-4-21(18)24(33)16-29-11-7-25(8-12-29)9-13-30(14-10-25)22-5-6-23(32)19(22)2/h3-4,15,17,24,33H,5-14,16H2,1-2H3. The number of tetrazole rings is 1. The Balaban J connectivity index is 1.14. The van der Waals surface area contributed by atoms with E-state index in [0.29, 0.717) is 24.2 Å². The fraction of sp³-hybridized carbons (Fsp3) is 0.600. The highest BCUT2D eigenvalue weighted by Gasteiger charge is 2.39. The first-order valence-corrected chi connectivity index (χ1v) is 12.2. The van der Waals surface area contributed by atoms with E-state index < -0.39 is 6.10 Å². The quantitative estimate of drug-likeness (QED) is 0.749. The molecule has 0 amide bonds. The lowest BCUT2D eigenvalue weighted by Crippen LogP contribution is -2.47. The predicted octanol–water partition coefficient (Wildman–Crippen LogP) is 2.82. The molecule has 8 heteroatoms. The van der Waals surface area contributed by atoms with Gasteiger partial charge in [0.15, 0.2) is 5.78 Å². The molecule has 0 radical (unpaired) electrons. The van der Waals surface area contributed by atoms with E-state index in [9.17, 15) is 9.90 Å². The molecule has 1 aromatic heterocycles. The molecule has 0 bridgehead atoms. The molecule has 3 heterocycles. The maximum atomic E-state index is 11.9. The number of hydrogen-bond donors (Lipinski definition) is 1. The molecule has 8 nitrogen and oxygen atoms in total. The van der Waals surface area contributed by atoms with Crippen LogP contribution >= 0.6 is 0 Å². The summed E-state index contributed by atoms with van der Waals surface area (Å²) in [6, 6.07) is 5.96. The van der Waals surface area contributed by atoms with Gasteiger partial charge in [-0.3, -0.25) is 4.79 Å². The minimum atomic E-state index is -0.501. The van der Waals surface area contributed by atoms with Crippen molar-refractivity contribution >= 4 is 5.78 Å². The fourth-order valence-electron chi connectivity index (χ4n) is 5.92. The number of Topliss-reactive ketones (excluding diaryl/α,β-unsaturated/α-hetero) is 1. The average molecular weight is 451 g/mol. The molecule has 1 unspecified atom stereocenters. The van der Waals surface area contributed by atoms with Gasteiger partial charge in [0, 0.05) is 37.3 Å². The van der Waals surface area contributed by atoms with Crippen LogP contribution in [0, 0.1) is 12.3 Å². The van der Waals surface area contributed by atoms with Gasteiger partial charge in [0.05, 0.1) is 11.8 Å². The first-order chi connectivity index (χ1) is 15.9. The number of benzene rings is 1. The summed E-state index contributed by atoms with van der Waals surface area (Å²) < 4.78 is 1.63. The third-order valence-corrected chi connectivity index (χ3v) is 8.22. The van der Waals surface area contributed by atoms with Crippen molar-refractivity contribution < 1.29 is 9.90 Å². The number of ketones is 1. The maximum Gasteiger partial charge on any atom is 0.160 e. The van der Waals surface area contributed by atoms with Gasteiger partial charge in [0.2, 0.25) is 0 Å². The lowest BCUT2D eigenvalue weighted by molar-refractivity contribution is -0.114. The molecular formula is C25H34N6O2. The van der Waals surface area contributed by atoms with Crippen molar-refractivity contribution in [2.24, 2.45) is 5.41 Å². The Bertz CT molecular complexity index is 1030. The zero-order valence-corrected chi connectivity index (χ0v) is 19.7. The molecule has 2 saturated heterocycles. The average Bonchev–Trinajstić information content (AvgIpc) is 3.47. The molecule has 1 N–H and O–H groups in total. The van der Waals surface area contributed by atoms with Crippen LogP contribution in [0.3, 0.4) is 0 Å². The number of aromatic nitrogens is 4. The van der Waals surface area contributed by atoms with Crippen molar-refractivity contribution in [3.63, 3.8) is 0 Å². The summed E-state index contributed by atoms with van der Waals surface area (Å²) in [5.41, 5.74) is 5.64. The summed E-state index contributed by atoms with van der Waals surface area (Å²) in [5, 5.41) is 22.3. The predicted molar refractivity (Wildman–Crippen MR) is 125 cm³/mol. The van der Waals surface area contributed by atoms with Gasteiger partial charge in [0.1, 0.15) is 6.33 Å². The van der Waals surface area contributed by atoms with Gasteiger partial charge in [-0.25, -0.2) is 4.68 Å². The Kier molecular flexibility index (Phi) is 6.05. The number of nitrogens with zero attached hydrogens (tertiary/aromatic N) is 6. The Labute approximate surface area is 195 Å². The Morgan fingerprint density at radius 3 is 2.39 bits per heavy atom. The number of piperidine rings is 2. The molecule has 3 aliphatic rings. The smallest absolute Gasteiger partial charge is 0.160 e. The number of aliphatic hydroxyl groups is 1. The minimum absolute atomic E-state index is 0.331. The molecule has 2 fully saturated rings. The lowest BCUT2D eigenvalue weighted by Gasteiger charge is -2.48. The van der Waals surface area contributed by atoms with Gasteiger partial charge in [-0.15, -0.1) is 5.10 Å². The molecule has 2 aromatic rings. The number of rotatable bonds is 5. The number of hydrogen-bond acceptors (Lipinski definition) is 7. The first kappa shape index (κ1) is 22.2. The van der Waals surface area contributed by atoms with Crippen LogP contribution in [0.2, 0.25) is 0 Å². The second-order valence-electron chi connectivity index (χ2n) is 10.1. The van der Waals surface area contributed by atoms with Gasteiger partial charge >= 0.3 is 0 Å². The summed E-state index contributed by atoms with van der Waals surface area (Å²) in [6.45, 7) is 8.94. The Morgan fingerprint density at radius 1 is 1.06 bits per heavy atom. The molecule has 176 valence electrons. The van der Waals surface area contributed by atoms with Crippen molar-refractivity contribution in [1.29, 1.82) is 0 Å². The van der Waals surface area contributed by atoms with Crippen LogP contribution < -0.4 is 0 Å². The second kappa shape index (κ2) is 8.99. The van der Waals surface area contributed by atoms with Crippen molar-refractivity contribution in [2.75, 3.05) is 32.7 Å². The number of β-amino-alcohol motifs (C(OH)–C–C–N with tert-alkyl or cyclic N) is 1. The fourth-order valence-corrected chi connectivity index (χ4v) is 5.92. The summed E-state index contributed by atoms with van der Waals surface area (Å²) in [4.78, 5) is 16.8. The zero-order valence-electron chi connectivity index (χ0n) is 19.7. The zero-order chi connectivity index (χ0) is 23.0.